The van der Waals surface area contributed by atoms with Crippen molar-refractivity contribution in [2.45, 2.75) is 0 Å². The van der Waals surface area contributed by atoms with Gasteiger partial charge in [0.05, 0.1) is 0 Å². The molecule has 21 valence electrons. The van der Waals surface area contributed by atoms with Crippen LogP contribution in [0.2, 0.25) is 0 Å². The Labute approximate surface area is 108 Å². The minimum Gasteiger partial charge on any atom is 0 e. The van der Waals surface area contributed by atoms with Crippen molar-refractivity contribution in [3.63, 3.8) is 0 Å². The number of rotatable bonds is 0. The molecule has 0 aliphatic carbocycles. The second kappa shape index (κ2) is 40.4. The van der Waals surface area contributed by atoms with Crippen molar-refractivity contribution in [2.24, 2.45) is 0 Å². The van der Waals surface area contributed by atoms with Gasteiger partial charge in [0, 0.05) is 84.2 Å². The van der Waals surface area contributed by atoms with Crippen molar-refractivity contribution in [1.82, 2.24) is 0 Å². The molecule has 0 fully saturated rings. The molecule has 1 nitrogen and oxygen atoms in total. The third-order valence-electron chi connectivity index (χ3n) is 0. The molecule has 0 aliphatic rings. The molecule has 6 heteroatoms. The molecule has 0 saturated heterocycles. The fourth-order valence-electron chi connectivity index (χ4n) is 0. The fourth-order valence-corrected chi connectivity index (χ4v) is 0. The largest absolute Gasteiger partial charge is 0 e. The molecule has 6 heavy (non-hydrogen) atoms. The van der Waals surface area contributed by atoms with Crippen molar-refractivity contribution in [3.05, 3.63) is 0 Å². The first kappa shape index (κ1) is 34.6. The van der Waals surface area contributed by atoms with Gasteiger partial charge in [0.1, 0.15) is 0 Å². The van der Waals surface area contributed by atoms with Gasteiger partial charge in [-0.2, -0.15) is 0 Å². The summed E-state index contributed by atoms with van der Waals surface area (Å²) in [6, 6.07) is 0. The van der Waals surface area contributed by atoms with E-state index in [0.717, 1.165) is 0 Å². The van der Waals surface area contributed by atoms with Gasteiger partial charge in [-0.25, -0.2) is 0 Å². The summed E-state index contributed by atoms with van der Waals surface area (Å²) < 4.78 is 8.34. The van der Waals surface area contributed by atoms with E-state index < -0.39 is 0 Å². The molecule has 0 bridgehead atoms. The van der Waals surface area contributed by atoms with Gasteiger partial charge in [-0.05, 0) is 0 Å². The van der Waals surface area contributed by atoms with Crippen LogP contribution in [0.1, 0.15) is 0 Å². The smallest absolute Gasteiger partial charge is 0 e. The Bertz CT molecular complexity index is 15.5. The SMILES string of the molecule is [Cd].[Ga].[Ge].[O]=[Sn].[Zn]. The van der Waals surface area contributed by atoms with E-state index in [2.05, 4.69) is 0 Å². The maximum Gasteiger partial charge on any atom is 0 e. The van der Waals surface area contributed by atoms with Crippen molar-refractivity contribution in [2.75, 3.05) is 0 Å². The molecule has 0 amide bonds. The fraction of sp³-hybridized carbons (Fsp3) is 0. The number of hydrogen-bond acceptors (Lipinski definition) is 1. The Morgan fingerprint density at radius 2 is 1.17 bits per heavy atom. The Balaban J connectivity index is -0.000000000833. The molecule has 0 aromatic carbocycles. The average molecular weight is 455 g/mol. The van der Waals surface area contributed by atoms with Gasteiger partial charge in [0.15, 0.2) is 0 Å². The second-order valence-corrected chi connectivity index (χ2v) is 0. The summed E-state index contributed by atoms with van der Waals surface area (Å²) >= 11 is 0.300. The van der Waals surface area contributed by atoms with Gasteiger partial charge in [-0.1, -0.05) is 0 Å². The molecule has 0 heterocycles. The van der Waals surface area contributed by atoms with Gasteiger partial charge in [0.25, 0.3) is 0 Å². The summed E-state index contributed by atoms with van der Waals surface area (Å²) in [5.41, 5.74) is 0. The van der Waals surface area contributed by atoms with E-state index in [1.165, 1.54) is 0 Å². The normalized spacial score (nSPS) is 0.667. The van der Waals surface area contributed by atoms with Crippen LogP contribution in [0.15, 0.2) is 0 Å². The van der Waals surface area contributed by atoms with Crippen molar-refractivity contribution < 1.29 is 49.9 Å². The van der Waals surface area contributed by atoms with Crippen LogP contribution in [0, 0.1) is 0 Å². The molecule has 0 aliphatic heterocycles. The first-order chi connectivity index (χ1) is 1.00. The topological polar surface area (TPSA) is 17.1 Å². The summed E-state index contributed by atoms with van der Waals surface area (Å²) in [7, 11) is 0. The van der Waals surface area contributed by atoms with Gasteiger partial charge >= 0.3 is 25.6 Å². The van der Waals surface area contributed by atoms with E-state index in [1.54, 1.807) is 0 Å². The molecular formula is CdGaGeOSnZn. The van der Waals surface area contributed by atoms with Crippen LogP contribution in [0.3, 0.4) is 0 Å². The Morgan fingerprint density at radius 1 is 1.17 bits per heavy atom. The van der Waals surface area contributed by atoms with Crippen molar-refractivity contribution in [1.29, 1.82) is 0 Å². The van der Waals surface area contributed by atoms with Crippen LogP contribution >= 0.6 is 0 Å². The Hall–Kier alpha value is 3.32. The summed E-state index contributed by atoms with van der Waals surface area (Å²) in [5, 5.41) is 0. The monoisotopic (exact) mass is 457 g/mol. The van der Waals surface area contributed by atoms with Gasteiger partial charge in [0.2, 0.25) is 0 Å². The van der Waals surface area contributed by atoms with Crippen LogP contribution in [-0.2, 0) is 49.9 Å². The van der Waals surface area contributed by atoms with Crippen LogP contribution in [0.5, 0.6) is 0 Å². The second-order valence-electron chi connectivity index (χ2n) is 0. The van der Waals surface area contributed by atoms with E-state index in [4.69, 9.17) is 3.08 Å². The van der Waals surface area contributed by atoms with E-state index in [-0.39, 0.29) is 84.2 Å². The minimum atomic E-state index is 0. The van der Waals surface area contributed by atoms with Gasteiger partial charge < -0.3 is 0 Å². The van der Waals surface area contributed by atoms with E-state index in [0.29, 0.717) is 22.5 Å². The zero-order valence-electron chi connectivity index (χ0n) is 3.40. The maximum absolute atomic E-state index is 8.34. The van der Waals surface area contributed by atoms with Crippen LogP contribution in [-0.4, -0.2) is 59.9 Å². The molecule has 0 unspecified atom stereocenters. The molecule has 9 radical (unpaired) electrons. The Kier molecular flexibility index (Phi) is 233. The quantitative estimate of drug-likeness (QED) is 0.418. The van der Waals surface area contributed by atoms with Crippen LogP contribution in [0.25, 0.3) is 0 Å². The molecule has 0 aromatic heterocycles. The van der Waals surface area contributed by atoms with Crippen LogP contribution in [0.4, 0.5) is 0 Å². The molecule has 0 atom stereocenters. The van der Waals surface area contributed by atoms with E-state index in [1.807, 2.05) is 0 Å². The standard InChI is InChI=1S/Cd.Ga.Ge.O.Sn.Zn. The first-order valence-electron chi connectivity index (χ1n) is 0.204. The predicted octanol–water partition coefficient (Wildman–Crippen LogP) is -1.27. The van der Waals surface area contributed by atoms with E-state index >= 15 is 0 Å². The zero-order chi connectivity index (χ0) is 2.00. The minimum absolute atomic E-state index is 0. The average Bonchev–Trinajstić information content (AvgIpc) is 1.00. The predicted molar refractivity (Wildman–Crippen MR) is 17.9 cm³/mol. The molecule has 0 N–H and O–H groups in total. The summed E-state index contributed by atoms with van der Waals surface area (Å²) in [5.74, 6) is 0. The van der Waals surface area contributed by atoms with E-state index in [9.17, 15) is 0 Å². The first-order valence-corrected chi connectivity index (χ1v) is 1.37. The summed E-state index contributed by atoms with van der Waals surface area (Å²) in [6.45, 7) is 0. The molecule has 0 saturated carbocycles. The van der Waals surface area contributed by atoms with Crippen molar-refractivity contribution >= 4 is 59.9 Å². The maximum atomic E-state index is 8.34. The Morgan fingerprint density at radius 3 is 1.17 bits per heavy atom. The molecule has 0 spiro atoms. The third-order valence-corrected chi connectivity index (χ3v) is 0. The molecular weight excluding hydrogens is 455 g/mol. The zero-order valence-corrected chi connectivity index (χ0v) is 17.8. The van der Waals surface area contributed by atoms with Gasteiger partial charge in [-0.3, -0.25) is 0 Å². The van der Waals surface area contributed by atoms with Crippen molar-refractivity contribution in [3.8, 4) is 0 Å². The molecule has 0 aromatic rings. The molecule has 0 rings (SSSR count). The van der Waals surface area contributed by atoms with Crippen LogP contribution < -0.4 is 0 Å². The summed E-state index contributed by atoms with van der Waals surface area (Å²) in [6.07, 6.45) is 0. The third kappa shape index (κ3) is 26.5. The number of hydrogen-bond donors (Lipinski definition) is 0. The summed E-state index contributed by atoms with van der Waals surface area (Å²) in [4.78, 5) is 0. The van der Waals surface area contributed by atoms with Gasteiger partial charge in [-0.15, -0.1) is 0 Å².